The number of anilines is 3. The summed E-state index contributed by atoms with van der Waals surface area (Å²) >= 11 is 0. The second-order valence-corrected chi connectivity index (χ2v) is 14.3. The van der Waals surface area contributed by atoms with Crippen molar-refractivity contribution in [1.29, 1.82) is 0 Å². The average Bonchev–Trinajstić information content (AvgIpc) is 3.30. The molecule has 0 spiro atoms. The summed E-state index contributed by atoms with van der Waals surface area (Å²) < 4.78 is 0. The first-order valence-corrected chi connectivity index (χ1v) is 19.5. The van der Waals surface area contributed by atoms with Crippen LogP contribution in [0.5, 0.6) is 5.75 Å². The number of rotatable bonds is 10. The molecule has 0 radical (unpaired) electrons. The molecule has 59 heavy (non-hydrogen) atoms. The minimum absolute atomic E-state index is 0. The minimum atomic E-state index is 0. The van der Waals surface area contributed by atoms with Gasteiger partial charge in [-0.1, -0.05) is 171 Å². The Kier molecular flexibility index (Phi) is 11.7. The molecule has 0 saturated carbocycles. The Balaban J connectivity index is 0.00000484. The van der Waals surface area contributed by atoms with E-state index in [-0.39, 0.29) is 32.7 Å². The second-order valence-electron chi connectivity index (χ2n) is 14.3. The van der Waals surface area contributed by atoms with E-state index in [1.165, 1.54) is 5.56 Å². The number of pyridine rings is 2. The Labute approximate surface area is 360 Å². The van der Waals surface area contributed by atoms with Crippen LogP contribution in [-0.2, 0) is 21.1 Å². The summed E-state index contributed by atoms with van der Waals surface area (Å²) in [5.41, 5.74) is 13.4. The van der Waals surface area contributed by atoms with Crippen LogP contribution >= 0.6 is 0 Å². The van der Waals surface area contributed by atoms with Crippen molar-refractivity contribution in [3.05, 3.63) is 230 Å². The third-order valence-corrected chi connectivity index (χ3v) is 10.6. The van der Waals surface area contributed by atoms with E-state index >= 15 is 0 Å². The van der Waals surface area contributed by atoms with Gasteiger partial charge in [0.05, 0.1) is 11.4 Å². The molecule has 288 valence electrons. The predicted octanol–water partition coefficient (Wildman–Crippen LogP) is 13.9. The van der Waals surface area contributed by atoms with Gasteiger partial charge in [-0.2, -0.15) is 0 Å². The van der Waals surface area contributed by atoms with Crippen LogP contribution in [0.1, 0.15) is 24.0 Å². The summed E-state index contributed by atoms with van der Waals surface area (Å²) in [6, 6.07) is 74.4. The fourth-order valence-corrected chi connectivity index (χ4v) is 7.64. The zero-order valence-electron chi connectivity index (χ0n) is 32.4. The summed E-state index contributed by atoms with van der Waals surface area (Å²) in [5, 5.41) is 11.1. The molecule has 9 rings (SSSR count). The predicted molar refractivity (Wildman–Crippen MR) is 238 cm³/mol. The maximum atomic E-state index is 11.1. The molecule has 7 aromatic carbocycles. The molecular formula is C54H40N3OPt-. The molecule has 5 heteroatoms. The summed E-state index contributed by atoms with van der Waals surface area (Å²) in [7, 11) is 0. The summed E-state index contributed by atoms with van der Waals surface area (Å²) in [4.78, 5) is 12.6. The van der Waals surface area contributed by atoms with Crippen LogP contribution in [0.2, 0.25) is 0 Å². The number of hydrogen-bond acceptors (Lipinski definition) is 4. The van der Waals surface area contributed by atoms with Gasteiger partial charge in [-0.05, 0) is 75.4 Å². The number of aromatic hydroxyl groups is 1. The Morgan fingerprint density at radius 1 is 0.492 bits per heavy atom. The van der Waals surface area contributed by atoms with Crippen molar-refractivity contribution >= 4 is 17.2 Å². The number of aromatic nitrogens is 2. The standard InChI is InChI=1S/C54H40N3O.Pt/c1-38(39-19-6-2-7-20-39)43-33-45(50-36-44(40-21-8-3-9-22-40)37-51(56-50)49-27-14-15-30-52(49)58)35-46(34-43)57(53-31-16-17-32-55-53)54-47(41-23-10-4-11-24-41)28-18-29-48(54)42-25-12-5-13-26-42;/h2-34,36-38,58H,1H3;/q-1;. The van der Waals surface area contributed by atoms with Gasteiger partial charge in [0.1, 0.15) is 11.6 Å². The van der Waals surface area contributed by atoms with Crippen molar-refractivity contribution in [2.24, 2.45) is 0 Å². The largest absolute Gasteiger partial charge is 0.507 e. The maximum absolute atomic E-state index is 11.1. The van der Waals surface area contributed by atoms with Crippen molar-refractivity contribution in [2.75, 3.05) is 4.90 Å². The fraction of sp³-hybridized carbons (Fsp3) is 0.0370. The van der Waals surface area contributed by atoms with Crippen molar-refractivity contribution in [2.45, 2.75) is 12.8 Å². The van der Waals surface area contributed by atoms with Gasteiger partial charge in [0.15, 0.2) is 0 Å². The number of para-hydroxylation sites is 2. The quantitative estimate of drug-likeness (QED) is 0.139. The van der Waals surface area contributed by atoms with E-state index in [0.717, 1.165) is 67.4 Å². The molecule has 1 atom stereocenters. The molecule has 0 aliphatic heterocycles. The van der Waals surface area contributed by atoms with Gasteiger partial charge in [0.25, 0.3) is 0 Å². The maximum Gasteiger partial charge on any atom is 0.136 e. The molecule has 0 fully saturated rings. The topological polar surface area (TPSA) is 49.3 Å². The smallest absolute Gasteiger partial charge is 0.136 e. The van der Waals surface area contributed by atoms with Crippen molar-refractivity contribution in [3.63, 3.8) is 0 Å². The first-order chi connectivity index (χ1) is 28.6. The van der Waals surface area contributed by atoms with E-state index in [1.54, 1.807) is 6.07 Å². The number of phenols is 1. The molecule has 1 unspecified atom stereocenters. The van der Waals surface area contributed by atoms with E-state index in [4.69, 9.17) is 9.97 Å². The van der Waals surface area contributed by atoms with Crippen LogP contribution in [-0.4, -0.2) is 15.1 Å². The Bertz CT molecular complexity index is 2740. The molecule has 0 aliphatic rings. The van der Waals surface area contributed by atoms with Crippen LogP contribution < -0.4 is 4.90 Å². The Morgan fingerprint density at radius 3 is 1.64 bits per heavy atom. The van der Waals surface area contributed by atoms with Crippen LogP contribution in [0.3, 0.4) is 0 Å². The molecule has 9 aromatic rings. The zero-order chi connectivity index (χ0) is 39.3. The van der Waals surface area contributed by atoms with Gasteiger partial charge in [0, 0.05) is 44.0 Å². The number of nitrogens with zero attached hydrogens (tertiary/aromatic N) is 3. The number of benzene rings is 7. The van der Waals surface area contributed by atoms with E-state index < -0.39 is 0 Å². The van der Waals surface area contributed by atoms with Gasteiger partial charge in [-0.25, -0.2) is 4.98 Å². The average molecular weight is 942 g/mol. The summed E-state index contributed by atoms with van der Waals surface area (Å²) in [6.45, 7) is 2.25. The zero-order valence-corrected chi connectivity index (χ0v) is 34.7. The first-order valence-electron chi connectivity index (χ1n) is 19.5. The first kappa shape index (κ1) is 39.0. The van der Waals surface area contributed by atoms with E-state index in [1.807, 2.05) is 60.8 Å². The molecule has 4 nitrogen and oxygen atoms in total. The monoisotopic (exact) mass is 941 g/mol. The molecule has 0 amide bonds. The van der Waals surface area contributed by atoms with E-state index in [9.17, 15) is 5.11 Å². The molecule has 1 N–H and O–H groups in total. The second kappa shape index (κ2) is 17.7. The molecule has 0 bridgehead atoms. The molecule has 2 heterocycles. The van der Waals surface area contributed by atoms with Gasteiger partial charge in [0.2, 0.25) is 0 Å². The van der Waals surface area contributed by atoms with Crippen molar-refractivity contribution in [3.8, 4) is 61.6 Å². The molecule has 0 saturated heterocycles. The van der Waals surface area contributed by atoms with Gasteiger partial charge < -0.3 is 10.0 Å². The van der Waals surface area contributed by atoms with Gasteiger partial charge >= 0.3 is 0 Å². The van der Waals surface area contributed by atoms with Crippen LogP contribution in [0.15, 0.2) is 212 Å². The molecular weight excluding hydrogens is 902 g/mol. The van der Waals surface area contributed by atoms with Gasteiger partial charge in [-0.15, -0.1) is 29.3 Å². The molecule has 0 aliphatic carbocycles. The normalized spacial score (nSPS) is 11.3. The van der Waals surface area contributed by atoms with Crippen LogP contribution in [0.25, 0.3) is 55.9 Å². The van der Waals surface area contributed by atoms with Crippen molar-refractivity contribution in [1.82, 2.24) is 9.97 Å². The van der Waals surface area contributed by atoms with Crippen LogP contribution in [0, 0.1) is 6.07 Å². The van der Waals surface area contributed by atoms with Crippen LogP contribution in [0.4, 0.5) is 17.2 Å². The number of hydrogen-bond donors (Lipinski definition) is 1. The SMILES string of the molecule is CC(c1ccccc1)c1cc(-c2cc(-c3ccccc3)cc(-c3ccccc3O)n2)[c-]c(N(c2ccccn2)c2c(-c3ccccc3)cccc2-c2ccccc2)c1.[Pt]. The van der Waals surface area contributed by atoms with Crippen molar-refractivity contribution < 1.29 is 26.2 Å². The number of phenolic OH excluding ortho intramolecular Hbond substituents is 1. The Morgan fingerprint density at radius 2 is 1.03 bits per heavy atom. The van der Waals surface area contributed by atoms with E-state index in [0.29, 0.717) is 11.3 Å². The fourth-order valence-electron chi connectivity index (χ4n) is 7.64. The summed E-state index contributed by atoms with van der Waals surface area (Å²) in [5.74, 6) is 0.969. The molecule has 2 aromatic heterocycles. The third-order valence-electron chi connectivity index (χ3n) is 10.6. The minimum Gasteiger partial charge on any atom is -0.507 e. The van der Waals surface area contributed by atoms with Gasteiger partial charge in [-0.3, -0.25) is 4.98 Å². The third kappa shape index (κ3) is 8.27. The summed E-state index contributed by atoms with van der Waals surface area (Å²) in [6.07, 6.45) is 1.84. The van der Waals surface area contributed by atoms with E-state index in [2.05, 4.69) is 163 Å². The Hall–Kier alpha value is -6.87.